The van der Waals surface area contributed by atoms with E-state index in [2.05, 4.69) is 16.3 Å². The van der Waals surface area contributed by atoms with Crippen molar-refractivity contribution >= 4 is 17.3 Å². The Morgan fingerprint density at radius 1 is 1.74 bits per heavy atom. The molecule has 0 amide bonds. The summed E-state index contributed by atoms with van der Waals surface area (Å²) in [6.07, 6.45) is 7.79. The smallest absolute Gasteiger partial charge is 0.292 e. The monoisotopic (exact) mass is 281 g/mol. The molecule has 0 radical (unpaired) electrons. The first-order chi connectivity index (χ1) is 9.13. The molecule has 2 heterocycles. The second-order valence-electron chi connectivity index (χ2n) is 4.54. The fraction of sp³-hybridized carbons (Fsp3) is 0.538. The lowest BCUT2D eigenvalue weighted by atomic mass is 10.0. The number of halogens is 1. The van der Waals surface area contributed by atoms with Gasteiger partial charge in [-0.1, -0.05) is 17.5 Å². The number of ether oxygens (including phenoxy) is 1. The molecule has 2 unspecified atom stereocenters. The van der Waals surface area contributed by atoms with Gasteiger partial charge in [0.1, 0.15) is 12.2 Å². The average Bonchev–Trinajstić information content (AvgIpc) is 2.79. The van der Waals surface area contributed by atoms with Crippen molar-refractivity contribution in [1.82, 2.24) is 9.78 Å². The van der Waals surface area contributed by atoms with Gasteiger partial charge in [0.05, 0.1) is 17.3 Å². The third-order valence-corrected chi connectivity index (χ3v) is 3.60. The number of hydrogen-bond donors (Lipinski definition) is 1. The van der Waals surface area contributed by atoms with E-state index in [1.54, 1.807) is 0 Å². The highest BCUT2D eigenvalue weighted by molar-refractivity contribution is 6.32. The van der Waals surface area contributed by atoms with Gasteiger partial charge >= 0.3 is 0 Å². The Hall–Kier alpha value is -1.51. The Balaban J connectivity index is 2.13. The number of nitrogens with zero attached hydrogens (tertiary/aromatic N) is 2. The van der Waals surface area contributed by atoms with E-state index in [0.29, 0.717) is 23.2 Å². The fourth-order valence-corrected chi connectivity index (χ4v) is 2.30. The van der Waals surface area contributed by atoms with Crippen LogP contribution in [0, 0.1) is 18.3 Å². The first kappa shape index (κ1) is 13.9. The van der Waals surface area contributed by atoms with E-state index in [-0.39, 0.29) is 18.2 Å². The molecule has 0 aromatic carbocycles. The standard InChI is InChI=1S/C13H16ClN3O2/c1-3-5-17-13(18)12(11(14)8-16-17)15-7-10-4-6-19-9(10)2/h1,8-10,15H,4-7H2,2H3. The lowest BCUT2D eigenvalue weighted by Crippen LogP contribution is -2.28. The minimum Gasteiger partial charge on any atom is -0.379 e. The summed E-state index contributed by atoms with van der Waals surface area (Å²) < 4.78 is 6.69. The molecule has 0 bridgehead atoms. The molecule has 1 saturated heterocycles. The van der Waals surface area contributed by atoms with E-state index in [1.165, 1.54) is 10.9 Å². The average molecular weight is 282 g/mol. The topological polar surface area (TPSA) is 56.1 Å². The normalized spacial score (nSPS) is 22.2. The van der Waals surface area contributed by atoms with Gasteiger partial charge in [-0.2, -0.15) is 5.10 Å². The molecule has 1 aromatic rings. The number of aromatic nitrogens is 2. The molecule has 5 nitrogen and oxygen atoms in total. The summed E-state index contributed by atoms with van der Waals surface area (Å²) in [5.74, 6) is 2.76. The zero-order chi connectivity index (χ0) is 13.8. The molecular formula is C13H16ClN3O2. The SMILES string of the molecule is C#CCn1ncc(Cl)c(NCC2CCOC2C)c1=O. The zero-order valence-corrected chi connectivity index (χ0v) is 11.5. The van der Waals surface area contributed by atoms with Crippen LogP contribution in [0.2, 0.25) is 5.02 Å². The molecule has 2 rings (SSSR count). The molecule has 1 N–H and O–H groups in total. The minimum absolute atomic E-state index is 0.133. The second-order valence-corrected chi connectivity index (χ2v) is 4.95. The van der Waals surface area contributed by atoms with E-state index >= 15 is 0 Å². The van der Waals surface area contributed by atoms with Crippen LogP contribution in [0.5, 0.6) is 0 Å². The van der Waals surface area contributed by atoms with Crippen molar-refractivity contribution in [2.24, 2.45) is 5.92 Å². The molecule has 1 aliphatic heterocycles. The number of anilines is 1. The molecule has 102 valence electrons. The van der Waals surface area contributed by atoms with Crippen molar-refractivity contribution < 1.29 is 4.74 Å². The Kier molecular flexibility index (Phi) is 4.46. The van der Waals surface area contributed by atoms with Gasteiger partial charge in [-0.3, -0.25) is 4.79 Å². The summed E-state index contributed by atoms with van der Waals surface area (Å²) in [4.78, 5) is 12.1. The predicted molar refractivity (Wildman–Crippen MR) is 74.4 cm³/mol. The first-order valence-corrected chi connectivity index (χ1v) is 6.56. The summed E-state index contributed by atoms with van der Waals surface area (Å²) >= 11 is 6.00. The van der Waals surface area contributed by atoms with Gasteiger partial charge in [0.2, 0.25) is 0 Å². The lowest BCUT2D eigenvalue weighted by molar-refractivity contribution is 0.108. The molecule has 0 saturated carbocycles. The molecule has 1 aromatic heterocycles. The van der Waals surface area contributed by atoms with E-state index in [9.17, 15) is 4.79 Å². The molecular weight excluding hydrogens is 266 g/mol. The van der Waals surface area contributed by atoms with Gasteiger partial charge in [-0.25, -0.2) is 4.68 Å². The van der Waals surface area contributed by atoms with E-state index < -0.39 is 0 Å². The van der Waals surface area contributed by atoms with Gasteiger partial charge < -0.3 is 10.1 Å². The summed E-state index contributed by atoms with van der Waals surface area (Å²) in [5.41, 5.74) is 0.0584. The van der Waals surface area contributed by atoms with E-state index in [0.717, 1.165) is 13.0 Å². The van der Waals surface area contributed by atoms with Gasteiger partial charge in [0, 0.05) is 19.1 Å². The van der Waals surface area contributed by atoms with Crippen LogP contribution < -0.4 is 10.9 Å². The maximum atomic E-state index is 12.1. The Bertz CT molecular complexity index is 550. The lowest BCUT2D eigenvalue weighted by Gasteiger charge is -2.16. The van der Waals surface area contributed by atoms with Crippen molar-refractivity contribution in [3.8, 4) is 12.3 Å². The van der Waals surface area contributed by atoms with Crippen LogP contribution in [0.3, 0.4) is 0 Å². The van der Waals surface area contributed by atoms with E-state index in [4.69, 9.17) is 22.8 Å². The molecule has 1 aliphatic rings. The van der Waals surface area contributed by atoms with Gasteiger partial charge in [0.25, 0.3) is 5.56 Å². The Morgan fingerprint density at radius 3 is 3.16 bits per heavy atom. The van der Waals surface area contributed by atoms with Crippen molar-refractivity contribution in [2.45, 2.75) is 26.0 Å². The Morgan fingerprint density at radius 2 is 2.53 bits per heavy atom. The van der Waals surface area contributed by atoms with Crippen molar-refractivity contribution in [1.29, 1.82) is 0 Å². The van der Waals surface area contributed by atoms with Gasteiger partial charge in [0.15, 0.2) is 0 Å². The summed E-state index contributed by atoms with van der Waals surface area (Å²) in [6, 6.07) is 0. The highest BCUT2D eigenvalue weighted by atomic mass is 35.5. The van der Waals surface area contributed by atoms with Crippen LogP contribution in [-0.2, 0) is 11.3 Å². The number of hydrogen-bond acceptors (Lipinski definition) is 4. The quantitative estimate of drug-likeness (QED) is 0.847. The van der Waals surface area contributed by atoms with Crippen molar-refractivity contribution in [3.05, 3.63) is 21.6 Å². The third kappa shape index (κ3) is 3.09. The maximum absolute atomic E-state index is 12.1. The molecule has 1 fully saturated rings. The van der Waals surface area contributed by atoms with Crippen LogP contribution in [0.25, 0.3) is 0 Å². The van der Waals surface area contributed by atoms with Crippen LogP contribution in [-0.4, -0.2) is 29.0 Å². The molecule has 0 aliphatic carbocycles. The molecule has 19 heavy (non-hydrogen) atoms. The number of nitrogens with one attached hydrogen (secondary N) is 1. The van der Waals surface area contributed by atoms with Crippen molar-refractivity contribution in [2.75, 3.05) is 18.5 Å². The first-order valence-electron chi connectivity index (χ1n) is 6.18. The maximum Gasteiger partial charge on any atom is 0.292 e. The molecule has 6 heteroatoms. The molecule has 0 spiro atoms. The van der Waals surface area contributed by atoms with E-state index in [1.807, 2.05) is 6.92 Å². The summed E-state index contributed by atoms with van der Waals surface area (Å²) in [5, 5.41) is 7.30. The van der Waals surface area contributed by atoms with Crippen LogP contribution in [0.15, 0.2) is 11.0 Å². The van der Waals surface area contributed by atoms with Crippen LogP contribution in [0.4, 0.5) is 5.69 Å². The van der Waals surface area contributed by atoms with Crippen molar-refractivity contribution in [3.63, 3.8) is 0 Å². The Labute approximate surface area is 116 Å². The zero-order valence-electron chi connectivity index (χ0n) is 10.7. The predicted octanol–water partition coefficient (Wildman–Crippen LogP) is 1.37. The van der Waals surface area contributed by atoms with Gasteiger partial charge in [-0.05, 0) is 13.3 Å². The van der Waals surface area contributed by atoms with Crippen LogP contribution >= 0.6 is 11.6 Å². The minimum atomic E-state index is -0.294. The number of terminal acetylenes is 1. The van der Waals surface area contributed by atoms with Gasteiger partial charge in [-0.15, -0.1) is 6.42 Å². The highest BCUT2D eigenvalue weighted by Crippen LogP contribution is 2.22. The summed E-state index contributed by atoms with van der Waals surface area (Å²) in [6.45, 7) is 3.58. The summed E-state index contributed by atoms with van der Waals surface area (Å²) in [7, 11) is 0. The fourth-order valence-electron chi connectivity index (χ4n) is 2.11. The molecule has 2 atom stereocenters. The highest BCUT2D eigenvalue weighted by Gasteiger charge is 2.24. The third-order valence-electron chi connectivity index (χ3n) is 3.31. The largest absolute Gasteiger partial charge is 0.379 e. The number of rotatable bonds is 4. The van der Waals surface area contributed by atoms with Crippen LogP contribution in [0.1, 0.15) is 13.3 Å². The second kappa shape index (κ2) is 6.09.